The van der Waals surface area contributed by atoms with E-state index in [9.17, 15) is 8.42 Å². The van der Waals surface area contributed by atoms with Crippen molar-refractivity contribution >= 4 is 27.3 Å². The van der Waals surface area contributed by atoms with Gasteiger partial charge in [0, 0.05) is 48.5 Å². The van der Waals surface area contributed by atoms with Crippen LogP contribution in [0.3, 0.4) is 0 Å². The zero-order valence-electron chi connectivity index (χ0n) is 25.0. The van der Waals surface area contributed by atoms with E-state index in [-0.39, 0.29) is 11.3 Å². The number of nitrogens with zero attached hydrogens (tertiary/aromatic N) is 8. The second-order valence-corrected chi connectivity index (χ2v) is 14.4. The van der Waals surface area contributed by atoms with E-state index in [1.165, 1.54) is 25.2 Å². The maximum atomic E-state index is 12.6. The highest BCUT2D eigenvalue weighted by molar-refractivity contribution is 7.90. The van der Waals surface area contributed by atoms with Gasteiger partial charge in [-0.05, 0) is 70.7 Å². The lowest BCUT2D eigenvalue weighted by atomic mass is 9.85. The molecule has 4 aromatic rings. The molecular weight excluding hydrogens is 580 g/mol. The zero-order valence-corrected chi connectivity index (χ0v) is 25.8. The van der Waals surface area contributed by atoms with Crippen molar-refractivity contribution in [1.29, 1.82) is 0 Å². The Bertz CT molecular complexity index is 1720. The molecule has 2 N–H and O–H groups in total. The molecule has 0 atom stereocenters. The molecule has 5 heterocycles. The zero-order chi connectivity index (χ0) is 30.3. The molecule has 232 valence electrons. The van der Waals surface area contributed by atoms with E-state index in [2.05, 4.69) is 44.7 Å². The first-order chi connectivity index (χ1) is 21.3. The Hall–Kier alpha value is -3.88. The largest absolute Gasteiger partial charge is 0.382 e. The number of anilines is 3. The average molecular weight is 619 g/mol. The summed E-state index contributed by atoms with van der Waals surface area (Å²) in [5.74, 6) is 2.27. The molecule has 0 bridgehead atoms. The molecule has 0 unspecified atom stereocenters. The van der Waals surface area contributed by atoms with Gasteiger partial charge in [-0.1, -0.05) is 0 Å². The van der Waals surface area contributed by atoms with Crippen molar-refractivity contribution in [3.63, 3.8) is 0 Å². The fourth-order valence-electron chi connectivity index (χ4n) is 5.91. The molecule has 0 amide bonds. The highest BCUT2D eigenvalue weighted by atomic mass is 32.2. The van der Waals surface area contributed by atoms with E-state index in [4.69, 9.17) is 14.8 Å². The topological polar surface area (TPSA) is 145 Å². The Morgan fingerprint density at radius 3 is 2.57 bits per heavy atom. The molecule has 0 aromatic carbocycles. The molecule has 3 fully saturated rings. The third-order valence-electron chi connectivity index (χ3n) is 8.55. The smallest absolute Gasteiger partial charge is 0.256 e. The molecule has 2 saturated carbocycles. The summed E-state index contributed by atoms with van der Waals surface area (Å²) in [4.78, 5) is 16.0. The molecule has 4 aromatic heterocycles. The van der Waals surface area contributed by atoms with Crippen LogP contribution in [0, 0.1) is 5.92 Å². The predicted octanol–water partition coefficient (Wildman–Crippen LogP) is 3.79. The minimum Gasteiger partial charge on any atom is -0.382 e. The first-order valence-corrected chi connectivity index (χ1v) is 16.8. The van der Waals surface area contributed by atoms with Gasteiger partial charge in [0.25, 0.3) is 10.0 Å². The predicted molar refractivity (Wildman–Crippen MR) is 167 cm³/mol. The summed E-state index contributed by atoms with van der Waals surface area (Å²) in [5.41, 5.74) is 3.30. The minimum atomic E-state index is -3.46. The van der Waals surface area contributed by atoms with Crippen molar-refractivity contribution in [2.45, 2.75) is 55.9 Å². The number of hydrogen-bond donors (Lipinski definition) is 2. The number of ether oxygens (including phenoxy) is 1. The molecule has 0 radical (unpaired) electrons. The molecule has 2 aliphatic carbocycles. The standard InChI is InChI=1S/C30H38N10O3S/c1-38(2)16-20-3-5-22(6-4-20)34-27-13-29(32-15-25(27)26-10-12-39(37-26)23-18-43-19-23)35-28-9-11-31-30(36-28)21-14-33-40(17-21)44(41,42)24-7-8-24/h9-15,17,20,22-24H,3-8,16,18-19H2,1-2H3,(H2,31,32,34,35,36). The van der Waals surface area contributed by atoms with Gasteiger partial charge in [0.05, 0.1) is 48.2 Å². The van der Waals surface area contributed by atoms with E-state index in [1.54, 1.807) is 12.3 Å². The van der Waals surface area contributed by atoms with Crippen LogP contribution >= 0.6 is 0 Å². The van der Waals surface area contributed by atoms with Gasteiger partial charge >= 0.3 is 0 Å². The molecule has 13 nitrogen and oxygen atoms in total. The second-order valence-electron chi connectivity index (χ2n) is 12.3. The van der Waals surface area contributed by atoms with Gasteiger partial charge in [-0.2, -0.15) is 14.3 Å². The van der Waals surface area contributed by atoms with Crippen LogP contribution < -0.4 is 10.6 Å². The van der Waals surface area contributed by atoms with Gasteiger partial charge in [-0.3, -0.25) is 4.68 Å². The van der Waals surface area contributed by atoms with Gasteiger partial charge in [0.1, 0.15) is 11.6 Å². The van der Waals surface area contributed by atoms with E-state index in [0.717, 1.165) is 46.3 Å². The fourth-order valence-corrected chi connectivity index (χ4v) is 7.39. The molecule has 7 rings (SSSR count). The summed E-state index contributed by atoms with van der Waals surface area (Å²) in [5, 5.41) is 15.7. The van der Waals surface area contributed by atoms with Crippen molar-refractivity contribution in [3.05, 3.63) is 49.2 Å². The highest BCUT2D eigenvalue weighted by Crippen LogP contribution is 2.34. The van der Waals surface area contributed by atoms with Crippen LogP contribution in [0.25, 0.3) is 22.6 Å². The van der Waals surface area contributed by atoms with Gasteiger partial charge in [-0.15, -0.1) is 0 Å². The summed E-state index contributed by atoms with van der Waals surface area (Å²) in [7, 11) is 0.822. The van der Waals surface area contributed by atoms with E-state index in [1.807, 2.05) is 29.2 Å². The van der Waals surface area contributed by atoms with Gasteiger partial charge < -0.3 is 20.3 Å². The van der Waals surface area contributed by atoms with Crippen LogP contribution in [0.15, 0.2) is 49.2 Å². The van der Waals surface area contributed by atoms with Crippen molar-refractivity contribution in [3.8, 4) is 22.6 Å². The first kappa shape index (κ1) is 28.9. The molecule has 0 spiro atoms. The molecular formula is C30H38N10O3S. The first-order valence-electron chi connectivity index (χ1n) is 15.3. The van der Waals surface area contributed by atoms with E-state index >= 15 is 0 Å². The van der Waals surface area contributed by atoms with Crippen LogP contribution in [0.4, 0.5) is 17.3 Å². The number of hydrogen-bond acceptors (Lipinski definition) is 11. The molecule has 3 aliphatic rings. The Morgan fingerprint density at radius 1 is 1.02 bits per heavy atom. The molecule has 44 heavy (non-hydrogen) atoms. The maximum Gasteiger partial charge on any atom is 0.256 e. The van der Waals surface area contributed by atoms with Crippen LogP contribution in [0.5, 0.6) is 0 Å². The van der Waals surface area contributed by atoms with Crippen molar-refractivity contribution < 1.29 is 13.2 Å². The quantitative estimate of drug-likeness (QED) is 0.253. The van der Waals surface area contributed by atoms with Gasteiger partial charge in [-0.25, -0.2) is 23.4 Å². The monoisotopic (exact) mass is 618 g/mol. The van der Waals surface area contributed by atoms with Crippen molar-refractivity contribution in [2.75, 3.05) is 44.5 Å². The van der Waals surface area contributed by atoms with Crippen molar-refractivity contribution in [2.24, 2.45) is 5.92 Å². The second kappa shape index (κ2) is 11.9. The summed E-state index contributed by atoms with van der Waals surface area (Å²) in [6.07, 6.45) is 14.4. The third kappa shape index (κ3) is 6.19. The van der Waals surface area contributed by atoms with Gasteiger partial charge in [0.2, 0.25) is 0 Å². The SMILES string of the molecule is CN(C)CC1CCC(Nc2cc(Nc3ccnc(-c4cnn(S(=O)(=O)C5CC5)c4)n3)ncc2-c2ccn(C3COC3)n2)CC1. The molecule has 14 heteroatoms. The number of rotatable bonds is 11. The lowest BCUT2D eigenvalue weighted by molar-refractivity contribution is -0.0285. The Morgan fingerprint density at radius 2 is 1.84 bits per heavy atom. The third-order valence-corrected chi connectivity index (χ3v) is 10.6. The highest BCUT2D eigenvalue weighted by Gasteiger charge is 2.37. The average Bonchev–Trinajstić information content (AvgIpc) is 3.54. The van der Waals surface area contributed by atoms with E-state index < -0.39 is 10.0 Å². The Labute approximate surface area is 257 Å². The van der Waals surface area contributed by atoms with Crippen LogP contribution in [-0.2, 0) is 14.8 Å². The molecule has 1 aliphatic heterocycles. The van der Waals surface area contributed by atoms with E-state index in [0.29, 0.717) is 55.1 Å². The van der Waals surface area contributed by atoms with Crippen LogP contribution in [-0.4, -0.2) is 92.4 Å². The van der Waals surface area contributed by atoms with Crippen LogP contribution in [0.1, 0.15) is 44.6 Å². The summed E-state index contributed by atoms with van der Waals surface area (Å²) in [6, 6.07) is 6.43. The van der Waals surface area contributed by atoms with Crippen LogP contribution in [0.2, 0.25) is 0 Å². The number of nitrogens with one attached hydrogen (secondary N) is 2. The van der Waals surface area contributed by atoms with Gasteiger partial charge in [0.15, 0.2) is 5.82 Å². The fraction of sp³-hybridized carbons (Fsp3) is 0.500. The Kier molecular flexibility index (Phi) is 7.81. The maximum absolute atomic E-state index is 12.6. The normalized spacial score (nSPS) is 20.9. The van der Waals surface area contributed by atoms with Crippen molar-refractivity contribution in [1.82, 2.24) is 38.8 Å². The number of pyridine rings is 1. The lowest BCUT2D eigenvalue weighted by Gasteiger charge is -2.31. The number of aromatic nitrogens is 7. The Balaban J connectivity index is 1.12. The summed E-state index contributed by atoms with van der Waals surface area (Å²) < 4.78 is 33.5. The summed E-state index contributed by atoms with van der Waals surface area (Å²) in [6.45, 7) is 2.49. The lowest BCUT2D eigenvalue weighted by Crippen LogP contribution is -2.31. The summed E-state index contributed by atoms with van der Waals surface area (Å²) >= 11 is 0. The molecule has 1 saturated heterocycles. The minimum absolute atomic E-state index is 0.272.